The highest BCUT2D eigenvalue weighted by Crippen LogP contribution is 2.25. The Morgan fingerprint density at radius 1 is 1.59 bits per heavy atom. The Kier molecular flexibility index (Phi) is 4.52. The Hall–Kier alpha value is -1.55. The molecular weight excluding hydrogens is 242 g/mol. The van der Waals surface area contributed by atoms with Gasteiger partial charge in [-0.2, -0.15) is 0 Å². The molecule has 1 atom stereocenters. The quantitative estimate of drug-likeness (QED) is 0.821. The van der Waals surface area contributed by atoms with Gasteiger partial charge in [-0.25, -0.2) is 4.79 Å². The number of amides is 1. The molecule has 0 spiro atoms. The maximum atomic E-state index is 11.3. The molecule has 1 N–H and O–H groups in total. The molecule has 0 heterocycles. The van der Waals surface area contributed by atoms with Crippen molar-refractivity contribution in [3.05, 3.63) is 34.3 Å². The highest BCUT2D eigenvalue weighted by Gasteiger charge is 2.26. The molecule has 1 aromatic carbocycles. The number of halogens is 1. The topological polar surface area (TPSA) is 57.6 Å². The number of benzene rings is 1. The number of nitrogens with zero attached hydrogens (tertiary/aromatic N) is 1. The van der Waals surface area contributed by atoms with Crippen LogP contribution in [-0.2, 0) is 9.59 Å². The van der Waals surface area contributed by atoms with E-state index in [-0.39, 0.29) is 0 Å². The number of carbonyl (C=O) groups excluding carboxylic acids is 1. The van der Waals surface area contributed by atoms with Gasteiger partial charge in [-0.05, 0) is 37.1 Å². The maximum Gasteiger partial charge on any atom is 0.331 e. The van der Waals surface area contributed by atoms with Crippen molar-refractivity contribution in [3.8, 4) is 0 Å². The summed E-state index contributed by atoms with van der Waals surface area (Å²) >= 11 is 5.82. The van der Waals surface area contributed by atoms with Gasteiger partial charge in [0, 0.05) is 11.6 Å². The molecule has 0 aromatic heterocycles. The van der Waals surface area contributed by atoms with E-state index in [1.165, 1.54) is 4.90 Å². The third-order valence-electron chi connectivity index (χ3n) is 2.59. The largest absolute Gasteiger partial charge is 0.479 e. The molecular formula is C12H14ClNO3. The normalized spacial score (nSPS) is 11.9. The van der Waals surface area contributed by atoms with Gasteiger partial charge in [-0.1, -0.05) is 17.7 Å². The molecule has 1 amide bonds. The number of rotatable bonds is 5. The van der Waals surface area contributed by atoms with Gasteiger partial charge in [0.15, 0.2) is 6.04 Å². The minimum atomic E-state index is -1.05. The van der Waals surface area contributed by atoms with Crippen molar-refractivity contribution in [2.45, 2.75) is 19.9 Å². The monoisotopic (exact) mass is 255 g/mol. The summed E-state index contributed by atoms with van der Waals surface area (Å²) in [6.45, 7) is 3.84. The van der Waals surface area contributed by atoms with Gasteiger partial charge in [0.2, 0.25) is 6.41 Å². The van der Waals surface area contributed by atoms with Crippen molar-refractivity contribution >= 4 is 24.0 Å². The van der Waals surface area contributed by atoms with Gasteiger partial charge in [0.25, 0.3) is 0 Å². The average molecular weight is 256 g/mol. The highest BCUT2D eigenvalue weighted by molar-refractivity contribution is 6.30. The third-order valence-corrected chi connectivity index (χ3v) is 2.83. The Morgan fingerprint density at radius 3 is 2.65 bits per heavy atom. The molecule has 92 valence electrons. The maximum absolute atomic E-state index is 11.3. The summed E-state index contributed by atoms with van der Waals surface area (Å²) in [5.41, 5.74) is 1.33. The van der Waals surface area contributed by atoms with E-state index in [1.54, 1.807) is 32.0 Å². The highest BCUT2D eigenvalue weighted by atomic mass is 35.5. The predicted molar refractivity (Wildman–Crippen MR) is 65.0 cm³/mol. The first-order valence-corrected chi connectivity index (χ1v) is 5.59. The van der Waals surface area contributed by atoms with Crippen LogP contribution in [0.15, 0.2) is 18.2 Å². The molecule has 0 aliphatic rings. The fourth-order valence-electron chi connectivity index (χ4n) is 1.72. The zero-order valence-electron chi connectivity index (χ0n) is 9.68. The molecule has 0 saturated carbocycles. The van der Waals surface area contributed by atoms with E-state index in [2.05, 4.69) is 0 Å². The van der Waals surface area contributed by atoms with E-state index in [0.717, 1.165) is 5.56 Å². The van der Waals surface area contributed by atoms with Crippen LogP contribution in [0.25, 0.3) is 0 Å². The number of hydrogen-bond acceptors (Lipinski definition) is 2. The zero-order valence-corrected chi connectivity index (χ0v) is 10.4. The van der Waals surface area contributed by atoms with Crippen LogP contribution in [0.4, 0.5) is 0 Å². The predicted octanol–water partition coefficient (Wildman–Crippen LogP) is 2.25. The van der Waals surface area contributed by atoms with Crippen LogP contribution in [0.2, 0.25) is 5.02 Å². The minimum absolute atomic E-state index is 0.336. The fraction of sp³-hybridized carbons (Fsp3) is 0.333. The van der Waals surface area contributed by atoms with Crippen LogP contribution in [0.3, 0.4) is 0 Å². The van der Waals surface area contributed by atoms with Crippen molar-refractivity contribution < 1.29 is 14.7 Å². The van der Waals surface area contributed by atoms with Crippen molar-refractivity contribution in [1.82, 2.24) is 4.90 Å². The molecule has 0 radical (unpaired) electrons. The summed E-state index contributed by atoms with van der Waals surface area (Å²) < 4.78 is 0. The van der Waals surface area contributed by atoms with Crippen molar-refractivity contribution in [1.29, 1.82) is 0 Å². The molecule has 0 bridgehead atoms. The van der Waals surface area contributed by atoms with E-state index < -0.39 is 12.0 Å². The molecule has 17 heavy (non-hydrogen) atoms. The van der Waals surface area contributed by atoms with Crippen LogP contribution in [0.5, 0.6) is 0 Å². The standard InChI is InChI=1S/C12H14ClNO3/c1-3-14(7-15)11(12(16)17)10-5-4-9(13)6-8(10)2/h4-7,11H,3H2,1-2H3,(H,16,17). The average Bonchev–Trinajstić information content (AvgIpc) is 2.26. The minimum Gasteiger partial charge on any atom is -0.479 e. The van der Waals surface area contributed by atoms with Gasteiger partial charge in [0.1, 0.15) is 0 Å². The first kappa shape index (κ1) is 13.5. The summed E-state index contributed by atoms with van der Waals surface area (Å²) in [6, 6.07) is 3.99. The summed E-state index contributed by atoms with van der Waals surface area (Å²) in [4.78, 5) is 23.4. The second-order valence-electron chi connectivity index (χ2n) is 3.68. The van der Waals surface area contributed by atoms with Gasteiger partial charge < -0.3 is 10.0 Å². The number of carbonyl (C=O) groups is 2. The molecule has 0 aliphatic heterocycles. The van der Waals surface area contributed by atoms with Crippen molar-refractivity contribution in [2.75, 3.05) is 6.54 Å². The Bertz CT molecular complexity index is 434. The van der Waals surface area contributed by atoms with Gasteiger partial charge in [-0.3, -0.25) is 4.79 Å². The van der Waals surface area contributed by atoms with E-state index in [4.69, 9.17) is 11.6 Å². The lowest BCUT2D eigenvalue weighted by molar-refractivity contribution is -0.146. The smallest absolute Gasteiger partial charge is 0.331 e. The van der Waals surface area contributed by atoms with E-state index in [1.807, 2.05) is 0 Å². The molecule has 0 fully saturated rings. The molecule has 1 aromatic rings. The number of aliphatic carboxylic acids is 1. The van der Waals surface area contributed by atoms with E-state index in [9.17, 15) is 14.7 Å². The Morgan fingerprint density at radius 2 is 2.24 bits per heavy atom. The van der Waals surface area contributed by atoms with Crippen molar-refractivity contribution in [3.63, 3.8) is 0 Å². The summed E-state index contributed by atoms with van der Waals surface area (Å²) in [5, 5.41) is 9.77. The van der Waals surface area contributed by atoms with Crippen LogP contribution in [0, 0.1) is 6.92 Å². The lowest BCUT2D eigenvalue weighted by Gasteiger charge is -2.25. The SMILES string of the molecule is CCN(C=O)C(C(=O)O)c1ccc(Cl)cc1C. The van der Waals surface area contributed by atoms with E-state index >= 15 is 0 Å². The van der Waals surface area contributed by atoms with Crippen LogP contribution in [-0.4, -0.2) is 28.9 Å². The third kappa shape index (κ3) is 2.97. The van der Waals surface area contributed by atoms with Crippen LogP contribution >= 0.6 is 11.6 Å². The number of hydrogen-bond donors (Lipinski definition) is 1. The second kappa shape index (κ2) is 5.68. The van der Waals surface area contributed by atoms with Gasteiger partial charge >= 0.3 is 5.97 Å². The lowest BCUT2D eigenvalue weighted by atomic mass is 10.0. The Balaban J connectivity index is 3.22. The lowest BCUT2D eigenvalue weighted by Crippen LogP contribution is -2.33. The first-order valence-electron chi connectivity index (χ1n) is 5.21. The summed E-state index contributed by atoms with van der Waals surface area (Å²) in [6.07, 6.45) is 0.548. The molecule has 4 nitrogen and oxygen atoms in total. The number of likely N-dealkylation sites (N-methyl/N-ethyl adjacent to an activating group) is 1. The fourth-order valence-corrected chi connectivity index (χ4v) is 1.94. The number of aryl methyl sites for hydroxylation is 1. The molecule has 1 rings (SSSR count). The molecule has 0 saturated heterocycles. The summed E-state index contributed by atoms with van der Waals surface area (Å²) in [5.74, 6) is -1.05. The Labute approximate surface area is 105 Å². The number of carboxylic acids is 1. The molecule has 5 heteroatoms. The van der Waals surface area contributed by atoms with E-state index in [0.29, 0.717) is 23.5 Å². The number of carboxylic acid groups (broad SMARTS) is 1. The van der Waals surface area contributed by atoms with Crippen molar-refractivity contribution in [2.24, 2.45) is 0 Å². The summed E-state index contributed by atoms with van der Waals surface area (Å²) in [7, 11) is 0. The van der Waals surface area contributed by atoms with Gasteiger partial charge in [0.05, 0.1) is 0 Å². The molecule has 0 aliphatic carbocycles. The first-order chi connectivity index (χ1) is 8.01. The molecule has 1 unspecified atom stereocenters. The van der Waals surface area contributed by atoms with Crippen LogP contribution in [0.1, 0.15) is 24.1 Å². The van der Waals surface area contributed by atoms with Crippen LogP contribution < -0.4 is 0 Å². The second-order valence-corrected chi connectivity index (χ2v) is 4.11. The van der Waals surface area contributed by atoms with Gasteiger partial charge in [-0.15, -0.1) is 0 Å². The zero-order chi connectivity index (χ0) is 13.0.